The van der Waals surface area contributed by atoms with Gasteiger partial charge in [-0.1, -0.05) is 41.4 Å². The summed E-state index contributed by atoms with van der Waals surface area (Å²) in [7, 11) is 0. The van der Waals surface area contributed by atoms with Crippen molar-refractivity contribution in [3.8, 4) is 0 Å². The summed E-state index contributed by atoms with van der Waals surface area (Å²) >= 11 is 12.4. The molecule has 0 aliphatic carbocycles. The second-order valence-electron chi connectivity index (χ2n) is 5.48. The van der Waals surface area contributed by atoms with Gasteiger partial charge in [0.1, 0.15) is 0 Å². The maximum Gasteiger partial charge on any atom is 0.154 e. The molecular formula is C17H15Cl2N2+. The second kappa shape index (κ2) is 5.06. The lowest BCUT2D eigenvalue weighted by molar-refractivity contribution is -0.690. The molecule has 1 aromatic heterocycles. The lowest BCUT2D eigenvalue weighted by Crippen LogP contribution is -2.87. The number of aromatic amines is 1. The van der Waals surface area contributed by atoms with Crippen LogP contribution in [0.2, 0.25) is 10.0 Å². The maximum atomic E-state index is 6.41. The Bertz CT molecular complexity index is 823. The first-order chi connectivity index (χ1) is 10.2. The Labute approximate surface area is 133 Å². The zero-order chi connectivity index (χ0) is 14.4. The quantitative estimate of drug-likeness (QED) is 0.686. The number of benzene rings is 2. The molecule has 2 nitrogen and oxygen atoms in total. The Hall–Kier alpha value is -1.48. The topological polar surface area (TPSA) is 32.4 Å². The summed E-state index contributed by atoms with van der Waals surface area (Å²) in [5.41, 5.74) is 5.01. The van der Waals surface area contributed by atoms with E-state index in [9.17, 15) is 0 Å². The number of halogens is 2. The van der Waals surface area contributed by atoms with Gasteiger partial charge in [0.25, 0.3) is 0 Å². The van der Waals surface area contributed by atoms with Gasteiger partial charge in [-0.05, 0) is 29.8 Å². The number of nitrogens with two attached hydrogens (primary N) is 1. The average Bonchev–Trinajstić information content (AvgIpc) is 2.86. The first kappa shape index (κ1) is 13.2. The van der Waals surface area contributed by atoms with Crippen LogP contribution >= 0.6 is 23.2 Å². The fourth-order valence-corrected chi connectivity index (χ4v) is 3.83. The van der Waals surface area contributed by atoms with Crippen molar-refractivity contribution >= 4 is 34.1 Å². The summed E-state index contributed by atoms with van der Waals surface area (Å²) in [6, 6.07) is 14.5. The molecule has 4 heteroatoms. The highest BCUT2D eigenvalue weighted by molar-refractivity contribution is 6.35. The number of quaternary nitrogens is 1. The minimum atomic E-state index is 0.214. The molecule has 0 saturated carbocycles. The van der Waals surface area contributed by atoms with Crippen molar-refractivity contribution in [3.05, 3.63) is 69.3 Å². The molecular weight excluding hydrogens is 303 g/mol. The van der Waals surface area contributed by atoms with Gasteiger partial charge in [-0.25, -0.2) is 0 Å². The minimum Gasteiger partial charge on any atom is -0.353 e. The second-order valence-corrected chi connectivity index (χ2v) is 6.32. The zero-order valence-electron chi connectivity index (χ0n) is 11.4. The molecule has 1 aliphatic rings. The number of rotatable bonds is 1. The first-order valence-corrected chi connectivity index (χ1v) is 7.87. The van der Waals surface area contributed by atoms with Crippen molar-refractivity contribution in [3.63, 3.8) is 0 Å². The van der Waals surface area contributed by atoms with Crippen LogP contribution in [0.5, 0.6) is 0 Å². The number of fused-ring (bicyclic) bond motifs is 3. The molecule has 0 bridgehead atoms. The number of hydrogen-bond acceptors (Lipinski definition) is 0. The lowest BCUT2D eigenvalue weighted by Gasteiger charge is -2.22. The molecule has 1 atom stereocenters. The van der Waals surface area contributed by atoms with E-state index in [0.29, 0.717) is 5.02 Å². The molecule has 0 unspecified atom stereocenters. The van der Waals surface area contributed by atoms with Crippen molar-refractivity contribution < 1.29 is 5.32 Å². The van der Waals surface area contributed by atoms with Crippen LogP contribution in [0.1, 0.15) is 22.9 Å². The van der Waals surface area contributed by atoms with Gasteiger partial charge in [-0.3, -0.25) is 0 Å². The highest BCUT2D eigenvalue weighted by atomic mass is 35.5. The van der Waals surface area contributed by atoms with Crippen LogP contribution in [-0.4, -0.2) is 11.5 Å². The standard InChI is InChI=1S/C17H14Cl2N2/c18-10-5-6-13(14(19)9-10)16-17-12(7-8-20-16)11-3-1-2-4-15(11)21-17/h1-6,9,16,20-21H,7-8H2/p+1/t16-/m1/s1. The van der Waals surface area contributed by atoms with E-state index in [4.69, 9.17) is 23.2 Å². The van der Waals surface area contributed by atoms with Gasteiger partial charge < -0.3 is 10.3 Å². The van der Waals surface area contributed by atoms with Crippen molar-refractivity contribution in [1.82, 2.24) is 4.98 Å². The summed E-state index contributed by atoms with van der Waals surface area (Å²) < 4.78 is 0. The molecule has 0 radical (unpaired) electrons. The monoisotopic (exact) mass is 317 g/mol. The Balaban J connectivity index is 1.90. The van der Waals surface area contributed by atoms with Gasteiger partial charge >= 0.3 is 0 Å². The third-order valence-electron chi connectivity index (χ3n) is 4.25. The van der Waals surface area contributed by atoms with Crippen molar-refractivity contribution in [2.45, 2.75) is 12.5 Å². The smallest absolute Gasteiger partial charge is 0.154 e. The van der Waals surface area contributed by atoms with Gasteiger partial charge in [-0.2, -0.15) is 0 Å². The predicted molar refractivity (Wildman–Crippen MR) is 87.1 cm³/mol. The normalized spacial score (nSPS) is 17.9. The number of para-hydroxylation sites is 1. The first-order valence-electron chi connectivity index (χ1n) is 7.12. The van der Waals surface area contributed by atoms with Crippen LogP contribution in [0.3, 0.4) is 0 Å². The number of aromatic nitrogens is 1. The van der Waals surface area contributed by atoms with Crippen LogP contribution < -0.4 is 5.32 Å². The zero-order valence-corrected chi connectivity index (χ0v) is 12.9. The number of H-pyrrole nitrogens is 1. The van der Waals surface area contributed by atoms with Gasteiger partial charge in [0.2, 0.25) is 0 Å². The largest absolute Gasteiger partial charge is 0.353 e. The summed E-state index contributed by atoms with van der Waals surface area (Å²) in [4.78, 5) is 3.58. The van der Waals surface area contributed by atoms with Gasteiger partial charge in [0, 0.05) is 27.9 Å². The van der Waals surface area contributed by atoms with E-state index < -0.39 is 0 Å². The predicted octanol–water partition coefficient (Wildman–Crippen LogP) is 3.68. The SMILES string of the molecule is Clc1ccc([C@H]2[NH2+]CCc3c2[nH]c2ccccc32)c(Cl)c1. The summed E-state index contributed by atoms with van der Waals surface area (Å²) in [6.07, 6.45) is 1.08. The van der Waals surface area contributed by atoms with Crippen molar-refractivity contribution in [1.29, 1.82) is 0 Å². The van der Waals surface area contributed by atoms with Crippen LogP contribution in [0.25, 0.3) is 10.9 Å². The number of nitrogens with one attached hydrogen (secondary N) is 1. The molecule has 3 aromatic rings. The van der Waals surface area contributed by atoms with E-state index in [2.05, 4.69) is 34.6 Å². The van der Waals surface area contributed by atoms with Crippen molar-refractivity contribution in [2.24, 2.45) is 0 Å². The van der Waals surface area contributed by atoms with Gasteiger partial charge in [0.15, 0.2) is 6.04 Å². The third kappa shape index (κ3) is 2.15. The fourth-order valence-electron chi connectivity index (χ4n) is 3.30. The average molecular weight is 318 g/mol. The molecule has 1 aliphatic heterocycles. The molecule has 4 rings (SSSR count). The highest BCUT2D eigenvalue weighted by Gasteiger charge is 2.29. The minimum absolute atomic E-state index is 0.214. The molecule has 106 valence electrons. The third-order valence-corrected chi connectivity index (χ3v) is 4.81. The van der Waals surface area contributed by atoms with Crippen molar-refractivity contribution in [2.75, 3.05) is 6.54 Å². The van der Waals surface area contributed by atoms with Crippen LogP contribution in [0, 0.1) is 0 Å². The van der Waals surface area contributed by atoms with E-state index in [-0.39, 0.29) is 6.04 Å². The highest BCUT2D eigenvalue weighted by Crippen LogP contribution is 2.34. The van der Waals surface area contributed by atoms with Crippen LogP contribution in [0.15, 0.2) is 42.5 Å². The van der Waals surface area contributed by atoms with E-state index in [1.807, 2.05) is 18.2 Å². The lowest BCUT2D eigenvalue weighted by atomic mass is 9.94. The molecule has 0 fully saturated rings. The van der Waals surface area contributed by atoms with E-state index in [1.54, 1.807) is 0 Å². The van der Waals surface area contributed by atoms with Crippen LogP contribution in [0.4, 0.5) is 0 Å². The fraction of sp³-hybridized carbons (Fsp3) is 0.176. The molecule has 2 aromatic carbocycles. The van der Waals surface area contributed by atoms with E-state index in [1.165, 1.54) is 22.2 Å². The van der Waals surface area contributed by atoms with E-state index in [0.717, 1.165) is 23.6 Å². The Morgan fingerprint density at radius 1 is 1.10 bits per heavy atom. The van der Waals surface area contributed by atoms with Gasteiger partial charge in [-0.15, -0.1) is 0 Å². The summed E-state index contributed by atoms with van der Waals surface area (Å²) in [5.74, 6) is 0. The molecule has 0 spiro atoms. The molecule has 2 heterocycles. The molecule has 0 amide bonds. The number of hydrogen-bond donors (Lipinski definition) is 2. The Kier molecular flexibility index (Phi) is 3.18. The maximum absolute atomic E-state index is 6.41. The Morgan fingerprint density at radius 3 is 2.81 bits per heavy atom. The summed E-state index contributed by atoms with van der Waals surface area (Å²) in [6.45, 7) is 1.07. The molecule has 21 heavy (non-hydrogen) atoms. The summed E-state index contributed by atoms with van der Waals surface area (Å²) in [5, 5.41) is 5.08. The van der Waals surface area contributed by atoms with Crippen LogP contribution in [-0.2, 0) is 6.42 Å². The van der Waals surface area contributed by atoms with E-state index >= 15 is 0 Å². The molecule has 0 saturated heterocycles. The Morgan fingerprint density at radius 2 is 1.95 bits per heavy atom. The molecule has 3 N–H and O–H groups in total. The van der Waals surface area contributed by atoms with Gasteiger partial charge in [0.05, 0.1) is 17.3 Å².